The molecule has 0 aromatic rings. The summed E-state index contributed by atoms with van der Waals surface area (Å²) < 4.78 is 9.26. The second-order valence-electron chi connectivity index (χ2n) is 4.35. The summed E-state index contributed by atoms with van der Waals surface area (Å²) in [6, 6.07) is 0. The van der Waals surface area contributed by atoms with Gasteiger partial charge >= 0.3 is 11.9 Å². The van der Waals surface area contributed by atoms with Crippen LogP contribution in [-0.2, 0) is 28.7 Å². The summed E-state index contributed by atoms with van der Waals surface area (Å²) in [5.41, 5.74) is -1.26. The van der Waals surface area contributed by atoms with Gasteiger partial charge in [0.2, 0.25) is 12.3 Å². The quantitative estimate of drug-likeness (QED) is 0.308. The van der Waals surface area contributed by atoms with Crippen LogP contribution in [-0.4, -0.2) is 42.8 Å². The van der Waals surface area contributed by atoms with Gasteiger partial charge in [0.25, 0.3) is 0 Å². The zero-order valence-electron chi connectivity index (χ0n) is 11.1. The minimum atomic E-state index is -0.903. The molecular weight excluding hydrogens is 242 g/mol. The third kappa shape index (κ3) is 6.62. The summed E-state index contributed by atoms with van der Waals surface area (Å²) >= 11 is 0. The van der Waals surface area contributed by atoms with Gasteiger partial charge in [-0.2, -0.15) is 0 Å². The van der Waals surface area contributed by atoms with Crippen molar-refractivity contribution in [2.45, 2.75) is 33.3 Å². The van der Waals surface area contributed by atoms with E-state index in [9.17, 15) is 14.4 Å². The van der Waals surface area contributed by atoms with Gasteiger partial charge in [0.05, 0.1) is 7.11 Å². The molecule has 0 rings (SSSR count). The van der Waals surface area contributed by atoms with Gasteiger partial charge in [0, 0.05) is 6.92 Å². The van der Waals surface area contributed by atoms with Gasteiger partial charge in [0.15, 0.2) is 5.78 Å². The number of carbonyl (C=O) groups is 3. The molecule has 0 saturated heterocycles. The van der Waals surface area contributed by atoms with E-state index < -0.39 is 35.6 Å². The Hall–Kier alpha value is -1.92. The van der Waals surface area contributed by atoms with Crippen LogP contribution in [0.2, 0.25) is 0 Å². The molecule has 0 fully saturated rings. The van der Waals surface area contributed by atoms with Gasteiger partial charge in [-0.15, -0.1) is 0 Å². The second kappa shape index (κ2) is 6.73. The Balaban J connectivity index is 4.66. The van der Waals surface area contributed by atoms with Crippen LogP contribution < -0.4 is 0 Å². The third-order valence-corrected chi connectivity index (χ3v) is 1.49. The first-order valence-corrected chi connectivity index (χ1v) is 5.18. The number of carbonyl (C=O) groups excluding carboxylic acids is 3. The number of hydrogen-bond donors (Lipinski definition) is 0. The van der Waals surface area contributed by atoms with Crippen LogP contribution in [0.5, 0.6) is 0 Å². The molecule has 102 valence electrons. The first kappa shape index (κ1) is 16.1. The van der Waals surface area contributed by atoms with E-state index in [-0.39, 0.29) is 0 Å². The molecule has 0 N–H and O–H groups in total. The average Bonchev–Trinajstić information content (AvgIpc) is 2.20. The molecule has 18 heavy (non-hydrogen) atoms. The van der Waals surface area contributed by atoms with Crippen molar-refractivity contribution in [1.29, 1.82) is 0 Å². The highest BCUT2D eigenvalue weighted by Gasteiger charge is 2.25. The van der Waals surface area contributed by atoms with Crippen molar-refractivity contribution in [1.82, 2.24) is 0 Å². The van der Waals surface area contributed by atoms with E-state index in [1.807, 2.05) is 0 Å². The van der Waals surface area contributed by atoms with Crippen molar-refractivity contribution in [3.63, 3.8) is 0 Å². The zero-order valence-corrected chi connectivity index (χ0v) is 11.1. The largest absolute Gasteiger partial charge is 0.466 e. The molecule has 0 bridgehead atoms. The normalized spacial score (nSPS) is 11.7. The van der Waals surface area contributed by atoms with Crippen molar-refractivity contribution in [2.75, 3.05) is 13.7 Å². The molecule has 0 amide bonds. The third-order valence-electron chi connectivity index (χ3n) is 1.49. The maximum atomic E-state index is 11.6. The summed E-state index contributed by atoms with van der Waals surface area (Å²) in [6.07, 6.45) is 0. The van der Waals surface area contributed by atoms with Gasteiger partial charge in [-0.05, 0) is 20.8 Å². The number of esters is 2. The van der Waals surface area contributed by atoms with Gasteiger partial charge in [0.1, 0.15) is 5.60 Å². The Labute approximate surface area is 105 Å². The summed E-state index contributed by atoms with van der Waals surface area (Å²) in [6.45, 7) is 5.61. The summed E-state index contributed by atoms with van der Waals surface area (Å²) in [5, 5.41) is 3.29. The summed E-state index contributed by atoms with van der Waals surface area (Å²) in [4.78, 5) is 38.0. The maximum Gasteiger partial charge on any atom is 0.364 e. The minimum absolute atomic E-state index is 0.490. The van der Waals surface area contributed by atoms with Crippen LogP contribution in [0.4, 0.5) is 0 Å². The van der Waals surface area contributed by atoms with Crippen LogP contribution in [0.3, 0.4) is 0 Å². The Morgan fingerprint density at radius 1 is 1.17 bits per heavy atom. The smallest absolute Gasteiger partial charge is 0.364 e. The fourth-order valence-corrected chi connectivity index (χ4v) is 0.780. The first-order valence-electron chi connectivity index (χ1n) is 5.18. The number of nitrogens with zero attached hydrogens (tertiary/aromatic N) is 1. The fraction of sp³-hybridized carbons (Fsp3) is 0.636. The Kier molecular flexibility index (Phi) is 6.01. The van der Waals surface area contributed by atoms with Crippen molar-refractivity contribution in [3.8, 4) is 0 Å². The molecular formula is C11H17NO6. The van der Waals surface area contributed by atoms with E-state index in [1.165, 1.54) is 7.11 Å². The molecule has 0 spiro atoms. The Morgan fingerprint density at radius 2 is 1.72 bits per heavy atom. The van der Waals surface area contributed by atoms with E-state index in [0.717, 1.165) is 6.92 Å². The number of oxime groups is 1. The number of ketones is 1. The number of ether oxygens (including phenoxy) is 2. The average molecular weight is 259 g/mol. The molecule has 0 saturated carbocycles. The topological polar surface area (TPSA) is 91.3 Å². The molecule has 0 aliphatic rings. The molecule has 0 aliphatic heterocycles. The highest BCUT2D eigenvalue weighted by molar-refractivity contribution is 6.63. The predicted molar refractivity (Wildman–Crippen MR) is 61.9 cm³/mol. The molecule has 7 nitrogen and oxygen atoms in total. The van der Waals surface area contributed by atoms with Crippen molar-refractivity contribution >= 4 is 23.4 Å². The molecule has 0 atom stereocenters. The molecule has 0 radical (unpaired) electrons. The standard InChI is InChI=1S/C11H17NO6/c1-7(13)9(10(15)18-11(2,3)4)12-17-6-8(14)16-5/h6H2,1-5H3. The lowest BCUT2D eigenvalue weighted by molar-refractivity contribution is -0.149. The van der Waals surface area contributed by atoms with Crippen LogP contribution in [0, 0.1) is 0 Å². The van der Waals surface area contributed by atoms with E-state index in [0.29, 0.717) is 0 Å². The summed E-state index contributed by atoms with van der Waals surface area (Å²) in [5.74, 6) is -2.19. The van der Waals surface area contributed by atoms with E-state index in [1.54, 1.807) is 20.8 Å². The number of rotatable bonds is 5. The highest BCUT2D eigenvalue weighted by Crippen LogP contribution is 2.07. The van der Waals surface area contributed by atoms with Crippen molar-refractivity contribution < 1.29 is 28.7 Å². The molecule has 0 heterocycles. The lowest BCUT2D eigenvalue weighted by Gasteiger charge is -2.19. The highest BCUT2D eigenvalue weighted by atomic mass is 16.7. The van der Waals surface area contributed by atoms with Gasteiger partial charge in [-0.25, -0.2) is 9.59 Å². The molecule has 0 unspecified atom stereocenters. The SMILES string of the molecule is COC(=O)CON=C(C(C)=O)C(=O)OC(C)(C)C. The van der Waals surface area contributed by atoms with Crippen LogP contribution in [0.15, 0.2) is 5.16 Å². The zero-order chi connectivity index (χ0) is 14.3. The van der Waals surface area contributed by atoms with Crippen molar-refractivity contribution in [3.05, 3.63) is 0 Å². The Bertz CT molecular complexity index is 366. The molecule has 7 heteroatoms. The Morgan fingerprint density at radius 3 is 2.11 bits per heavy atom. The maximum absolute atomic E-state index is 11.6. The summed E-state index contributed by atoms with van der Waals surface area (Å²) in [7, 11) is 1.18. The lowest BCUT2D eigenvalue weighted by atomic mass is 10.2. The molecule has 0 aromatic heterocycles. The monoisotopic (exact) mass is 259 g/mol. The van der Waals surface area contributed by atoms with E-state index >= 15 is 0 Å². The number of methoxy groups -OCH3 is 1. The molecule has 0 aromatic carbocycles. The van der Waals surface area contributed by atoms with E-state index in [2.05, 4.69) is 14.7 Å². The van der Waals surface area contributed by atoms with Gasteiger partial charge < -0.3 is 14.3 Å². The molecule has 0 aliphatic carbocycles. The number of Topliss-reactive ketones (excluding diaryl/α,β-unsaturated/α-hetero) is 1. The predicted octanol–water partition coefficient (Wildman–Crippen LogP) is 0.463. The van der Waals surface area contributed by atoms with Gasteiger partial charge in [-0.1, -0.05) is 5.16 Å². The van der Waals surface area contributed by atoms with Crippen LogP contribution in [0.25, 0.3) is 0 Å². The fourth-order valence-electron chi connectivity index (χ4n) is 0.780. The second-order valence-corrected chi connectivity index (χ2v) is 4.35. The first-order chi connectivity index (χ1) is 8.17. The van der Waals surface area contributed by atoms with Crippen LogP contribution >= 0.6 is 0 Å². The lowest BCUT2D eigenvalue weighted by Crippen LogP contribution is -2.32. The minimum Gasteiger partial charge on any atom is -0.466 e. The van der Waals surface area contributed by atoms with Gasteiger partial charge in [-0.3, -0.25) is 4.79 Å². The number of hydrogen-bond acceptors (Lipinski definition) is 7. The van der Waals surface area contributed by atoms with E-state index in [4.69, 9.17) is 4.74 Å². The van der Waals surface area contributed by atoms with Crippen LogP contribution in [0.1, 0.15) is 27.7 Å². The van der Waals surface area contributed by atoms with Crippen molar-refractivity contribution in [2.24, 2.45) is 5.16 Å².